The number of nitrogens with one attached hydrogen (secondary N) is 1. The number of carbonyl (C=O) groups is 2. The molecule has 0 aromatic carbocycles. The number of amides is 2. The van der Waals surface area contributed by atoms with Crippen molar-refractivity contribution in [2.75, 3.05) is 6.54 Å². The fraction of sp³-hybridized carbons (Fsp3) is 0.867. The van der Waals surface area contributed by atoms with Crippen LogP contribution in [0.25, 0.3) is 0 Å². The van der Waals surface area contributed by atoms with Gasteiger partial charge < -0.3 is 10.2 Å². The van der Waals surface area contributed by atoms with E-state index in [1.807, 2.05) is 18.7 Å². The van der Waals surface area contributed by atoms with Gasteiger partial charge in [0.25, 0.3) is 0 Å². The SMILES string of the molecule is CCC1(C)NC(=O)CN(C2CCCC(C)(C)C2)C1=O. The summed E-state index contributed by atoms with van der Waals surface area (Å²) < 4.78 is 0. The molecule has 2 unspecified atom stereocenters. The molecule has 2 amide bonds. The van der Waals surface area contributed by atoms with Crippen LogP contribution in [0.5, 0.6) is 0 Å². The van der Waals surface area contributed by atoms with Gasteiger partial charge in [0.1, 0.15) is 5.54 Å². The minimum absolute atomic E-state index is 0.0210. The summed E-state index contributed by atoms with van der Waals surface area (Å²) >= 11 is 0. The van der Waals surface area contributed by atoms with E-state index in [2.05, 4.69) is 19.2 Å². The molecule has 1 aliphatic heterocycles. The normalized spacial score (nSPS) is 35.2. The molecule has 1 saturated carbocycles. The lowest BCUT2D eigenvalue weighted by Crippen LogP contribution is -2.67. The van der Waals surface area contributed by atoms with Gasteiger partial charge in [0.15, 0.2) is 0 Å². The summed E-state index contributed by atoms with van der Waals surface area (Å²) in [6, 6.07) is 0.230. The molecule has 0 bridgehead atoms. The lowest BCUT2D eigenvalue weighted by atomic mass is 9.74. The van der Waals surface area contributed by atoms with Crippen molar-refractivity contribution < 1.29 is 9.59 Å². The van der Waals surface area contributed by atoms with Crippen molar-refractivity contribution in [1.82, 2.24) is 10.2 Å². The van der Waals surface area contributed by atoms with Crippen LogP contribution < -0.4 is 5.32 Å². The van der Waals surface area contributed by atoms with E-state index in [1.165, 1.54) is 6.42 Å². The first-order valence-electron chi connectivity index (χ1n) is 7.39. The molecule has 0 aromatic heterocycles. The Balaban J connectivity index is 2.18. The Morgan fingerprint density at radius 1 is 1.32 bits per heavy atom. The summed E-state index contributed by atoms with van der Waals surface area (Å²) in [6.45, 7) is 8.54. The van der Waals surface area contributed by atoms with Gasteiger partial charge in [-0.25, -0.2) is 0 Å². The molecule has 2 aliphatic rings. The Morgan fingerprint density at radius 2 is 2.00 bits per heavy atom. The van der Waals surface area contributed by atoms with E-state index in [-0.39, 0.29) is 29.8 Å². The number of hydrogen-bond donors (Lipinski definition) is 1. The average Bonchev–Trinajstić information content (AvgIpc) is 2.32. The highest BCUT2D eigenvalue weighted by molar-refractivity contribution is 5.97. The molecule has 2 atom stereocenters. The highest BCUT2D eigenvalue weighted by atomic mass is 16.2. The molecule has 0 spiro atoms. The molecular weight excluding hydrogens is 240 g/mol. The van der Waals surface area contributed by atoms with E-state index in [4.69, 9.17) is 0 Å². The Bertz CT molecular complexity index is 392. The largest absolute Gasteiger partial charge is 0.340 e. The Morgan fingerprint density at radius 3 is 2.58 bits per heavy atom. The van der Waals surface area contributed by atoms with Crippen LogP contribution in [0.3, 0.4) is 0 Å². The second-order valence-corrected chi connectivity index (χ2v) is 7.08. The van der Waals surface area contributed by atoms with E-state index < -0.39 is 5.54 Å². The standard InChI is InChI=1S/C15H26N2O2/c1-5-15(4)13(19)17(10-12(18)16-15)11-7-6-8-14(2,3)9-11/h11H,5-10H2,1-4H3,(H,16,18). The maximum atomic E-state index is 12.6. The van der Waals surface area contributed by atoms with Gasteiger partial charge in [0, 0.05) is 6.04 Å². The topological polar surface area (TPSA) is 49.4 Å². The predicted molar refractivity (Wildman–Crippen MR) is 74.6 cm³/mol. The molecule has 108 valence electrons. The van der Waals surface area contributed by atoms with Crippen LogP contribution in [0.15, 0.2) is 0 Å². The maximum Gasteiger partial charge on any atom is 0.248 e. The van der Waals surface area contributed by atoms with Crippen molar-refractivity contribution in [2.45, 2.75) is 71.4 Å². The van der Waals surface area contributed by atoms with Crippen LogP contribution in [-0.4, -0.2) is 34.8 Å². The highest BCUT2D eigenvalue weighted by Crippen LogP contribution is 2.38. The molecule has 2 fully saturated rings. The third-order valence-electron chi connectivity index (χ3n) is 4.79. The number of hydrogen-bond acceptors (Lipinski definition) is 2. The van der Waals surface area contributed by atoms with Gasteiger partial charge in [-0.15, -0.1) is 0 Å². The van der Waals surface area contributed by atoms with Crippen molar-refractivity contribution >= 4 is 11.8 Å². The second kappa shape index (κ2) is 4.80. The third-order valence-corrected chi connectivity index (χ3v) is 4.79. The number of carbonyl (C=O) groups excluding carboxylic acids is 2. The molecule has 1 aliphatic carbocycles. The molecule has 4 heteroatoms. The minimum atomic E-state index is -0.711. The first-order valence-corrected chi connectivity index (χ1v) is 7.39. The van der Waals surface area contributed by atoms with E-state index in [0.717, 1.165) is 19.3 Å². The molecule has 4 nitrogen and oxygen atoms in total. The van der Waals surface area contributed by atoms with Gasteiger partial charge in [-0.2, -0.15) is 0 Å². The Hall–Kier alpha value is -1.06. The molecule has 0 aromatic rings. The van der Waals surface area contributed by atoms with Crippen molar-refractivity contribution in [3.63, 3.8) is 0 Å². The van der Waals surface area contributed by atoms with Gasteiger partial charge in [-0.3, -0.25) is 9.59 Å². The van der Waals surface area contributed by atoms with Crippen LogP contribution in [0, 0.1) is 5.41 Å². The number of piperazine rings is 1. The van der Waals surface area contributed by atoms with Crippen molar-refractivity contribution in [1.29, 1.82) is 0 Å². The zero-order chi connectivity index (χ0) is 14.3. The smallest absolute Gasteiger partial charge is 0.248 e. The van der Waals surface area contributed by atoms with Crippen LogP contribution in [0.1, 0.15) is 59.8 Å². The molecule has 1 N–H and O–H groups in total. The predicted octanol–water partition coefficient (Wildman–Crippen LogP) is 2.08. The summed E-state index contributed by atoms with van der Waals surface area (Å²) in [5.41, 5.74) is -0.434. The van der Waals surface area contributed by atoms with Crippen LogP contribution in [-0.2, 0) is 9.59 Å². The summed E-state index contributed by atoms with van der Waals surface area (Å²) in [5.74, 6) is 0.0737. The van der Waals surface area contributed by atoms with E-state index >= 15 is 0 Å². The maximum absolute atomic E-state index is 12.6. The van der Waals surface area contributed by atoms with Gasteiger partial charge in [0.2, 0.25) is 11.8 Å². The lowest BCUT2D eigenvalue weighted by Gasteiger charge is -2.46. The quantitative estimate of drug-likeness (QED) is 0.832. The average molecular weight is 266 g/mol. The molecule has 1 heterocycles. The van der Waals surface area contributed by atoms with Crippen LogP contribution >= 0.6 is 0 Å². The summed E-state index contributed by atoms with van der Waals surface area (Å²) in [7, 11) is 0. The minimum Gasteiger partial charge on any atom is -0.340 e. The Labute approximate surface area is 115 Å². The van der Waals surface area contributed by atoms with Crippen LogP contribution in [0.4, 0.5) is 0 Å². The fourth-order valence-corrected chi connectivity index (χ4v) is 3.40. The van der Waals surface area contributed by atoms with Gasteiger partial charge in [-0.05, 0) is 38.0 Å². The summed E-state index contributed by atoms with van der Waals surface area (Å²) in [6.07, 6.45) is 5.03. The van der Waals surface area contributed by atoms with E-state index in [0.29, 0.717) is 6.42 Å². The monoisotopic (exact) mass is 266 g/mol. The summed E-state index contributed by atoms with van der Waals surface area (Å²) in [5, 5.41) is 2.85. The zero-order valence-electron chi connectivity index (χ0n) is 12.6. The van der Waals surface area contributed by atoms with Gasteiger partial charge >= 0.3 is 0 Å². The number of rotatable bonds is 2. The van der Waals surface area contributed by atoms with Crippen molar-refractivity contribution in [3.05, 3.63) is 0 Å². The Kier molecular flexibility index (Phi) is 3.63. The first-order chi connectivity index (χ1) is 8.77. The molecule has 2 rings (SSSR count). The van der Waals surface area contributed by atoms with Crippen molar-refractivity contribution in [3.8, 4) is 0 Å². The second-order valence-electron chi connectivity index (χ2n) is 7.08. The molecule has 0 radical (unpaired) electrons. The van der Waals surface area contributed by atoms with Gasteiger partial charge in [0.05, 0.1) is 6.54 Å². The number of nitrogens with zero attached hydrogens (tertiary/aromatic N) is 1. The van der Waals surface area contributed by atoms with Crippen LogP contribution in [0.2, 0.25) is 0 Å². The van der Waals surface area contributed by atoms with Gasteiger partial charge in [-0.1, -0.05) is 27.2 Å². The first kappa shape index (κ1) is 14.4. The molecule has 19 heavy (non-hydrogen) atoms. The van der Waals surface area contributed by atoms with E-state index in [1.54, 1.807) is 0 Å². The van der Waals surface area contributed by atoms with E-state index in [9.17, 15) is 9.59 Å². The lowest BCUT2D eigenvalue weighted by molar-refractivity contribution is -0.153. The zero-order valence-corrected chi connectivity index (χ0v) is 12.6. The highest BCUT2D eigenvalue weighted by Gasteiger charge is 2.45. The third kappa shape index (κ3) is 2.77. The molecular formula is C15H26N2O2. The van der Waals surface area contributed by atoms with Crippen molar-refractivity contribution in [2.24, 2.45) is 5.41 Å². The summed E-state index contributed by atoms with van der Waals surface area (Å²) in [4.78, 5) is 26.4. The molecule has 1 saturated heterocycles. The fourth-order valence-electron chi connectivity index (χ4n) is 3.40.